The van der Waals surface area contributed by atoms with Crippen LogP contribution in [0.15, 0.2) is 28.6 Å². The molecule has 0 saturated heterocycles. The standard InChI is InChI=1S/C17H20N4O2S2/c1-10-14(12-6-4-5-7-13(12)19-10)15(22)11(2)24-17-21-20-16(25-17)18-8-9-23-3/h4-7,11,19H,8-9H2,1-3H3,(H,18,20)/t11-/m0/s1. The number of aromatic amines is 1. The van der Waals surface area contributed by atoms with Crippen LogP contribution in [-0.4, -0.2) is 46.5 Å². The van der Waals surface area contributed by atoms with E-state index in [1.54, 1.807) is 7.11 Å². The van der Waals surface area contributed by atoms with Crippen molar-refractivity contribution in [2.75, 3.05) is 25.6 Å². The van der Waals surface area contributed by atoms with Gasteiger partial charge >= 0.3 is 0 Å². The molecule has 2 N–H and O–H groups in total. The Hall–Kier alpha value is -1.90. The summed E-state index contributed by atoms with van der Waals surface area (Å²) in [6, 6.07) is 7.88. The van der Waals surface area contributed by atoms with Crippen LogP contribution in [0, 0.1) is 6.92 Å². The van der Waals surface area contributed by atoms with E-state index < -0.39 is 0 Å². The molecule has 6 nitrogen and oxygen atoms in total. The molecule has 0 aliphatic carbocycles. The molecule has 0 unspecified atom stereocenters. The van der Waals surface area contributed by atoms with Gasteiger partial charge in [0.15, 0.2) is 10.1 Å². The number of carbonyl (C=O) groups excluding carboxylic acids is 1. The number of ether oxygens (including phenoxy) is 1. The molecule has 0 aliphatic rings. The van der Waals surface area contributed by atoms with E-state index in [9.17, 15) is 4.79 Å². The fraction of sp³-hybridized carbons (Fsp3) is 0.353. The summed E-state index contributed by atoms with van der Waals surface area (Å²) in [6.45, 7) is 5.14. The summed E-state index contributed by atoms with van der Waals surface area (Å²) in [7, 11) is 1.66. The van der Waals surface area contributed by atoms with Crippen LogP contribution in [0.2, 0.25) is 0 Å². The van der Waals surface area contributed by atoms with Crippen molar-refractivity contribution >= 4 is 44.9 Å². The predicted octanol–water partition coefficient (Wildman–Crippen LogP) is 3.75. The number of methoxy groups -OCH3 is 1. The predicted molar refractivity (Wildman–Crippen MR) is 103 cm³/mol. The fourth-order valence-corrected chi connectivity index (χ4v) is 4.57. The van der Waals surface area contributed by atoms with Crippen molar-refractivity contribution in [3.63, 3.8) is 0 Å². The number of aryl methyl sites for hydroxylation is 1. The van der Waals surface area contributed by atoms with Crippen molar-refractivity contribution in [2.24, 2.45) is 0 Å². The van der Waals surface area contributed by atoms with Crippen molar-refractivity contribution in [2.45, 2.75) is 23.4 Å². The van der Waals surface area contributed by atoms with Gasteiger partial charge in [-0.3, -0.25) is 4.79 Å². The van der Waals surface area contributed by atoms with Crippen molar-refractivity contribution in [1.29, 1.82) is 0 Å². The summed E-state index contributed by atoms with van der Waals surface area (Å²) in [5, 5.41) is 12.9. The molecule has 1 atom stereocenters. The lowest BCUT2D eigenvalue weighted by atomic mass is 10.1. The van der Waals surface area contributed by atoms with Crippen molar-refractivity contribution < 1.29 is 9.53 Å². The van der Waals surface area contributed by atoms with Crippen molar-refractivity contribution in [3.8, 4) is 0 Å². The second-order valence-corrected chi connectivity index (χ2v) is 8.15. The van der Waals surface area contributed by atoms with Gasteiger partial charge in [0.05, 0.1) is 11.9 Å². The van der Waals surface area contributed by atoms with E-state index in [4.69, 9.17) is 4.74 Å². The molecule has 0 saturated carbocycles. The summed E-state index contributed by atoms with van der Waals surface area (Å²) < 4.78 is 5.77. The fourth-order valence-electron chi connectivity index (χ4n) is 2.59. The first-order chi connectivity index (χ1) is 12.1. The highest BCUT2D eigenvalue weighted by molar-refractivity contribution is 8.02. The minimum atomic E-state index is -0.238. The van der Waals surface area contributed by atoms with E-state index in [2.05, 4.69) is 20.5 Å². The summed E-state index contributed by atoms with van der Waals surface area (Å²) in [4.78, 5) is 16.2. The van der Waals surface area contributed by atoms with Crippen LogP contribution < -0.4 is 5.32 Å². The molecule has 0 radical (unpaired) electrons. The van der Waals surface area contributed by atoms with Gasteiger partial charge in [-0.2, -0.15) is 0 Å². The molecule has 0 aliphatic heterocycles. The highest BCUT2D eigenvalue weighted by Crippen LogP contribution is 2.32. The molecule has 132 valence electrons. The third kappa shape index (κ3) is 4.02. The molecule has 25 heavy (non-hydrogen) atoms. The summed E-state index contributed by atoms with van der Waals surface area (Å²) >= 11 is 2.89. The molecule has 2 aromatic heterocycles. The van der Waals surface area contributed by atoms with E-state index in [0.29, 0.717) is 13.2 Å². The number of anilines is 1. The largest absolute Gasteiger partial charge is 0.383 e. The van der Waals surface area contributed by atoms with Crippen LogP contribution in [0.3, 0.4) is 0 Å². The number of hydrogen-bond acceptors (Lipinski definition) is 7. The van der Waals surface area contributed by atoms with Gasteiger partial charge in [0.25, 0.3) is 0 Å². The number of carbonyl (C=O) groups is 1. The van der Waals surface area contributed by atoms with Gasteiger partial charge in [-0.25, -0.2) is 0 Å². The first-order valence-corrected chi connectivity index (χ1v) is 9.64. The second-order valence-electron chi connectivity index (χ2n) is 5.59. The molecule has 8 heteroatoms. The van der Waals surface area contributed by atoms with Crippen molar-refractivity contribution in [3.05, 3.63) is 35.5 Å². The number of fused-ring (bicyclic) bond motifs is 1. The zero-order chi connectivity index (χ0) is 17.8. The lowest BCUT2D eigenvalue weighted by Crippen LogP contribution is -2.14. The van der Waals surface area contributed by atoms with Gasteiger partial charge < -0.3 is 15.0 Å². The maximum Gasteiger partial charge on any atom is 0.206 e. The molecule has 0 amide bonds. The monoisotopic (exact) mass is 376 g/mol. The molecule has 3 rings (SSSR count). The molecule has 0 fully saturated rings. The number of para-hydroxylation sites is 1. The maximum atomic E-state index is 12.9. The number of thioether (sulfide) groups is 1. The highest BCUT2D eigenvalue weighted by atomic mass is 32.2. The Bertz CT molecular complexity index is 875. The van der Waals surface area contributed by atoms with E-state index in [1.165, 1.54) is 23.1 Å². The number of aromatic nitrogens is 3. The summed E-state index contributed by atoms with van der Waals surface area (Å²) in [5.74, 6) is 0.101. The second kappa shape index (κ2) is 7.99. The molecular weight excluding hydrogens is 356 g/mol. The number of H-pyrrole nitrogens is 1. The minimum absolute atomic E-state index is 0.101. The van der Waals surface area contributed by atoms with Gasteiger partial charge in [-0.15, -0.1) is 10.2 Å². The van der Waals surface area contributed by atoms with Gasteiger partial charge in [-0.1, -0.05) is 41.3 Å². The molecular formula is C17H20N4O2S2. The first-order valence-electron chi connectivity index (χ1n) is 7.94. The van der Waals surface area contributed by atoms with Crippen LogP contribution in [0.25, 0.3) is 10.9 Å². The number of Topliss-reactive ketones (excluding diaryl/α,β-unsaturated/α-hetero) is 1. The van der Waals surface area contributed by atoms with E-state index in [-0.39, 0.29) is 11.0 Å². The van der Waals surface area contributed by atoms with Gasteiger partial charge in [0, 0.05) is 35.8 Å². The zero-order valence-corrected chi connectivity index (χ0v) is 16.0. The van der Waals surface area contributed by atoms with E-state index >= 15 is 0 Å². The Morgan fingerprint density at radius 2 is 2.20 bits per heavy atom. The molecule has 0 spiro atoms. The van der Waals surface area contributed by atoms with Crippen LogP contribution in [-0.2, 0) is 4.74 Å². The number of hydrogen-bond donors (Lipinski definition) is 2. The quantitative estimate of drug-likeness (QED) is 0.354. The Morgan fingerprint density at radius 3 is 3.00 bits per heavy atom. The SMILES string of the molecule is COCCNc1nnc(S[C@@H](C)C(=O)c2c(C)[nH]c3ccccc23)s1. The average molecular weight is 377 g/mol. The van der Waals surface area contributed by atoms with Crippen LogP contribution in [0.4, 0.5) is 5.13 Å². The highest BCUT2D eigenvalue weighted by Gasteiger charge is 2.23. The van der Waals surface area contributed by atoms with Crippen LogP contribution in [0.5, 0.6) is 0 Å². The number of rotatable bonds is 8. The third-order valence-corrected chi connectivity index (χ3v) is 5.84. The normalized spacial score (nSPS) is 12.4. The Labute approximate surface area is 154 Å². The number of benzene rings is 1. The summed E-state index contributed by atoms with van der Waals surface area (Å²) in [6.07, 6.45) is 0. The smallest absolute Gasteiger partial charge is 0.206 e. The Balaban J connectivity index is 1.71. The Kier molecular flexibility index (Phi) is 5.72. The molecule has 2 heterocycles. The summed E-state index contributed by atoms with van der Waals surface area (Å²) in [5.41, 5.74) is 2.65. The average Bonchev–Trinajstić information content (AvgIpc) is 3.17. The first kappa shape index (κ1) is 17.9. The topological polar surface area (TPSA) is 79.9 Å². The van der Waals surface area contributed by atoms with Crippen LogP contribution in [0.1, 0.15) is 23.0 Å². The third-order valence-electron chi connectivity index (χ3n) is 3.78. The van der Waals surface area contributed by atoms with Crippen molar-refractivity contribution in [1.82, 2.24) is 15.2 Å². The minimum Gasteiger partial charge on any atom is -0.383 e. The van der Waals surface area contributed by atoms with E-state index in [1.807, 2.05) is 38.1 Å². The number of ketones is 1. The van der Waals surface area contributed by atoms with Gasteiger partial charge in [-0.05, 0) is 19.9 Å². The van der Waals surface area contributed by atoms with Gasteiger partial charge in [0.2, 0.25) is 5.13 Å². The van der Waals surface area contributed by atoms with Crippen LogP contribution >= 0.6 is 23.1 Å². The molecule has 0 bridgehead atoms. The van der Waals surface area contributed by atoms with Gasteiger partial charge in [0.1, 0.15) is 0 Å². The lowest BCUT2D eigenvalue weighted by molar-refractivity contribution is 0.0995. The lowest BCUT2D eigenvalue weighted by Gasteiger charge is -2.08. The Morgan fingerprint density at radius 1 is 1.40 bits per heavy atom. The van der Waals surface area contributed by atoms with E-state index in [0.717, 1.165) is 31.6 Å². The molecule has 3 aromatic rings. The number of nitrogens with one attached hydrogen (secondary N) is 2. The zero-order valence-electron chi connectivity index (χ0n) is 14.3. The maximum absolute atomic E-state index is 12.9. The molecule has 1 aromatic carbocycles. The number of nitrogens with zero attached hydrogens (tertiary/aromatic N) is 2.